The van der Waals surface area contributed by atoms with E-state index in [4.69, 9.17) is 9.90 Å². The number of hydrogen-bond donors (Lipinski definition) is 3. The van der Waals surface area contributed by atoms with Gasteiger partial charge in [0, 0.05) is 36.2 Å². The normalized spacial score (nSPS) is 13.3. The first-order valence-electron chi connectivity index (χ1n) is 11.4. The number of para-hydroxylation sites is 1. The highest BCUT2D eigenvalue weighted by Crippen LogP contribution is 2.30. The third-order valence-corrected chi connectivity index (χ3v) is 6.18. The summed E-state index contributed by atoms with van der Waals surface area (Å²) < 4.78 is 46.7. The van der Waals surface area contributed by atoms with Gasteiger partial charge < -0.3 is 25.3 Å². The predicted molar refractivity (Wildman–Crippen MR) is 140 cm³/mol. The Morgan fingerprint density at radius 1 is 0.795 bits per heavy atom. The van der Waals surface area contributed by atoms with Gasteiger partial charge in [-0.1, -0.05) is 28.1 Å². The van der Waals surface area contributed by atoms with Gasteiger partial charge in [-0.3, -0.25) is 4.79 Å². The van der Waals surface area contributed by atoms with Crippen molar-refractivity contribution >= 4 is 50.8 Å². The van der Waals surface area contributed by atoms with Crippen molar-refractivity contribution in [1.82, 2.24) is 0 Å². The first kappa shape index (κ1) is 29.4. The number of carboxylic acids is 2. The van der Waals surface area contributed by atoms with Gasteiger partial charge in [-0.05, 0) is 54.6 Å². The number of carbonyl (C=O) groups excluding carboxylic acids is 1. The first-order chi connectivity index (χ1) is 18.4. The Morgan fingerprint density at radius 3 is 1.82 bits per heavy atom. The van der Waals surface area contributed by atoms with Crippen molar-refractivity contribution < 1.29 is 42.2 Å². The molecule has 1 saturated heterocycles. The number of aromatic carboxylic acids is 1. The fourth-order valence-corrected chi connectivity index (χ4v) is 4.00. The van der Waals surface area contributed by atoms with Gasteiger partial charge in [0.2, 0.25) is 0 Å². The third kappa shape index (κ3) is 7.93. The zero-order chi connectivity index (χ0) is 28.7. The number of amides is 1. The lowest BCUT2D eigenvalue weighted by atomic mass is 10.1. The summed E-state index contributed by atoms with van der Waals surface area (Å²) >= 11 is 3.35. The van der Waals surface area contributed by atoms with Gasteiger partial charge in [-0.15, -0.1) is 0 Å². The van der Waals surface area contributed by atoms with E-state index in [0.717, 1.165) is 10.2 Å². The van der Waals surface area contributed by atoms with Crippen LogP contribution in [0.1, 0.15) is 20.7 Å². The summed E-state index contributed by atoms with van der Waals surface area (Å²) in [4.78, 5) is 37.2. The molecule has 0 aromatic heterocycles. The molecule has 0 aliphatic carbocycles. The smallest absolute Gasteiger partial charge is 0.478 e. The first-order valence-corrected chi connectivity index (χ1v) is 12.1. The molecule has 0 saturated carbocycles. The highest BCUT2D eigenvalue weighted by molar-refractivity contribution is 9.10. The lowest BCUT2D eigenvalue weighted by molar-refractivity contribution is -0.192. The molecule has 1 heterocycles. The molecule has 0 bridgehead atoms. The summed E-state index contributed by atoms with van der Waals surface area (Å²) in [5, 5.41) is 19.4. The van der Waals surface area contributed by atoms with E-state index in [9.17, 15) is 32.3 Å². The quantitative estimate of drug-likeness (QED) is 0.327. The maximum atomic E-state index is 14.1. The van der Waals surface area contributed by atoms with Crippen molar-refractivity contribution in [2.75, 3.05) is 41.3 Å². The number of alkyl halides is 3. The van der Waals surface area contributed by atoms with Gasteiger partial charge in [-0.25, -0.2) is 14.0 Å². The fourth-order valence-electron chi connectivity index (χ4n) is 3.74. The van der Waals surface area contributed by atoms with E-state index in [0.29, 0.717) is 43.1 Å². The molecular weight excluding hydrogens is 590 g/mol. The largest absolute Gasteiger partial charge is 0.490 e. The van der Waals surface area contributed by atoms with Gasteiger partial charge in [0.15, 0.2) is 0 Å². The average molecular weight is 612 g/mol. The Labute approximate surface area is 228 Å². The highest BCUT2D eigenvalue weighted by atomic mass is 79.9. The maximum Gasteiger partial charge on any atom is 0.490 e. The molecule has 39 heavy (non-hydrogen) atoms. The molecule has 1 amide bonds. The molecule has 1 fully saturated rings. The van der Waals surface area contributed by atoms with E-state index in [2.05, 4.69) is 26.1 Å². The summed E-state index contributed by atoms with van der Waals surface area (Å²) in [6.07, 6.45) is -5.08. The molecular formula is C26H22BrF4N3O5. The predicted octanol–water partition coefficient (Wildman–Crippen LogP) is 5.50. The Bertz CT molecular complexity index is 1340. The number of anilines is 3. The number of piperazine rings is 1. The second kappa shape index (κ2) is 12.6. The molecule has 1 aliphatic heterocycles. The van der Waals surface area contributed by atoms with Gasteiger partial charge in [0.05, 0.1) is 22.6 Å². The average Bonchev–Trinajstić information content (AvgIpc) is 2.89. The molecule has 0 spiro atoms. The van der Waals surface area contributed by atoms with Crippen molar-refractivity contribution in [3.05, 3.63) is 88.1 Å². The van der Waals surface area contributed by atoms with Crippen LogP contribution in [-0.2, 0) is 4.79 Å². The SMILES string of the molecule is O=C(O)C(F)(F)F.O=C(O)c1ccc(N2CCN(c3ccccc3F)CC2)c(NC(=O)c2ccc(Br)cc2)c1. The molecule has 3 aromatic carbocycles. The van der Waals surface area contributed by atoms with Crippen molar-refractivity contribution in [3.63, 3.8) is 0 Å². The lowest BCUT2D eigenvalue weighted by Crippen LogP contribution is -2.47. The maximum absolute atomic E-state index is 14.1. The Hall–Kier alpha value is -4.13. The van der Waals surface area contributed by atoms with E-state index < -0.39 is 18.1 Å². The lowest BCUT2D eigenvalue weighted by Gasteiger charge is -2.38. The summed E-state index contributed by atoms with van der Waals surface area (Å²) in [5.74, 6) is -4.41. The molecule has 1 aliphatic rings. The Morgan fingerprint density at radius 2 is 1.31 bits per heavy atom. The Balaban J connectivity index is 0.000000532. The minimum atomic E-state index is -5.08. The highest BCUT2D eigenvalue weighted by Gasteiger charge is 2.38. The number of hydrogen-bond acceptors (Lipinski definition) is 5. The molecule has 0 unspecified atom stereocenters. The van der Waals surface area contributed by atoms with Crippen molar-refractivity contribution in [2.24, 2.45) is 0 Å². The van der Waals surface area contributed by atoms with Crippen LogP contribution >= 0.6 is 15.9 Å². The topological polar surface area (TPSA) is 110 Å². The van der Waals surface area contributed by atoms with Crippen LogP contribution in [0.5, 0.6) is 0 Å². The zero-order valence-corrected chi connectivity index (χ0v) is 21.7. The number of nitrogens with zero attached hydrogens (tertiary/aromatic N) is 2. The summed E-state index contributed by atoms with van der Waals surface area (Å²) in [7, 11) is 0. The minimum absolute atomic E-state index is 0.0878. The number of rotatable bonds is 5. The van der Waals surface area contributed by atoms with Crippen LogP contribution in [0.2, 0.25) is 0 Å². The van der Waals surface area contributed by atoms with Crippen LogP contribution in [0.25, 0.3) is 0 Å². The molecule has 0 atom stereocenters. The number of nitrogens with one attached hydrogen (secondary N) is 1. The second-order valence-electron chi connectivity index (χ2n) is 8.23. The van der Waals surface area contributed by atoms with Gasteiger partial charge in [-0.2, -0.15) is 13.2 Å². The van der Waals surface area contributed by atoms with E-state index in [-0.39, 0.29) is 17.3 Å². The summed E-state index contributed by atoms with van der Waals surface area (Å²) in [6.45, 7) is 2.40. The number of carboxylic acid groups (broad SMARTS) is 2. The van der Waals surface area contributed by atoms with Crippen molar-refractivity contribution in [2.45, 2.75) is 6.18 Å². The van der Waals surface area contributed by atoms with Crippen molar-refractivity contribution in [3.8, 4) is 0 Å². The van der Waals surface area contributed by atoms with E-state index in [1.54, 1.807) is 42.5 Å². The van der Waals surface area contributed by atoms with Gasteiger partial charge >= 0.3 is 18.1 Å². The number of halogens is 5. The van der Waals surface area contributed by atoms with Crippen LogP contribution in [0.15, 0.2) is 71.2 Å². The van der Waals surface area contributed by atoms with Crippen LogP contribution < -0.4 is 15.1 Å². The number of carbonyl (C=O) groups is 3. The molecule has 8 nitrogen and oxygen atoms in total. The molecule has 4 rings (SSSR count). The van der Waals surface area contributed by atoms with Crippen LogP contribution in [0.4, 0.5) is 34.6 Å². The van der Waals surface area contributed by atoms with Crippen LogP contribution in [-0.4, -0.2) is 60.4 Å². The Kier molecular flexibility index (Phi) is 9.51. The van der Waals surface area contributed by atoms with E-state index in [1.807, 2.05) is 11.0 Å². The molecule has 0 radical (unpaired) electrons. The minimum Gasteiger partial charge on any atom is -0.478 e. The van der Waals surface area contributed by atoms with Crippen LogP contribution in [0, 0.1) is 5.82 Å². The summed E-state index contributed by atoms with van der Waals surface area (Å²) in [6, 6.07) is 18.3. The molecule has 13 heteroatoms. The monoisotopic (exact) mass is 611 g/mol. The molecule has 206 valence electrons. The number of benzene rings is 3. The summed E-state index contributed by atoms with van der Waals surface area (Å²) in [5.41, 5.74) is 2.28. The fraction of sp³-hybridized carbons (Fsp3) is 0.192. The molecule has 3 N–H and O–H groups in total. The van der Waals surface area contributed by atoms with Gasteiger partial charge in [0.25, 0.3) is 5.91 Å². The number of aliphatic carboxylic acids is 1. The zero-order valence-electron chi connectivity index (χ0n) is 20.1. The van der Waals surface area contributed by atoms with Crippen molar-refractivity contribution in [1.29, 1.82) is 0 Å². The second-order valence-corrected chi connectivity index (χ2v) is 9.14. The van der Waals surface area contributed by atoms with Crippen LogP contribution in [0.3, 0.4) is 0 Å². The van der Waals surface area contributed by atoms with Gasteiger partial charge in [0.1, 0.15) is 5.82 Å². The third-order valence-electron chi connectivity index (χ3n) is 5.65. The van der Waals surface area contributed by atoms with E-state index >= 15 is 0 Å². The van der Waals surface area contributed by atoms with E-state index in [1.165, 1.54) is 18.2 Å². The standard InChI is InChI=1S/C24H21BrFN3O3.C2HF3O2/c25-18-8-5-16(6-9-18)23(30)27-20-15-17(24(31)32)7-10-22(20)29-13-11-28(12-14-29)21-4-2-1-3-19(21)26;3-2(4,5)1(6)7/h1-10,15H,11-14H2,(H,27,30)(H,31,32);(H,6,7). The molecule has 3 aromatic rings.